The Bertz CT molecular complexity index is 488. The second kappa shape index (κ2) is 5.44. The maximum Gasteiger partial charge on any atom is 0.234 e. The summed E-state index contributed by atoms with van der Waals surface area (Å²) in [7, 11) is 0. The summed E-state index contributed by atoms with van der Waals surface area (Å²) in [6.07, 6.45) is 0.226. The molecule has 96 valence electrons. The van der Waals surface area contributed by atoms with Gasteiger partial charge in [0.2, 0.25) is 11.8 Å². The molecule has 0 saturated carbocycles. The van der Waals surface area contributed by atoms with Crippen LogP contribution in [0.2, 0.25) is 0 Å². The number of amides is 2. The van der Waals surface area contributed by atoms with Gasteiger partial charge >= 0.3 is 0 Å². The van der Waals surface area contributed by atoms with E-state index in [1.807, 2.05) is 32.0 Å². The molecule has 0 aliphatic carbocycles. The molecule has 2 amide bonds. The number of aryl methyl sites for hydroxylation is 1. The van der Waals surface area contributed by atoms with Crippen LogP contribution in [0.4, 0.5) is 5.69 Å². The zero-order valence-corrected chi connectivity index (χ0v) is 11.3. The van der Waals surface area contributed by atoms with Crippen LogP contribution in [-0.4, -0.2) is 22.9 Å². The number of rotatable bonds is 3. The Labute approximate surface area is 111 Å². The monoisotopic (exact) mass is 264 g/mol. The molecule has 5 heteroatoms. The quantitative estimate of drug-likeness (QED) is 0.875. The molecule has 1 fully saturated rings. The number of benzene rings is 1. The number of nitrogens with one attached hydrogen (secondary N) is 2. The molecule has 0 bridgehead atoms. The highest BCUT2D eigenvalue weighted by Crippen LogP contribution is 2.22. The third-order valence-corrected chi connectivity index (χ3v) is 4.17. The molecular formula is C13H16N2O2S. The van der Waals surface area contributed by atoms with E-state index in [0.717, 1.165) is 16.8 Å². The van der Waals surface area contributed by atoms with Crippen molar-refractivity contribution in [3.63, 3.8) is 0 Å². The summed E-state index contributed by atoms with van der Waals surface area (Å²) >= 11 is 1.48. The summed E-state index contributed by atoms with van der Waals surface area (Å²) in [5, 5.41) is 5.32. The fourth-order valence-corrected chi connectivity index (χ4v) is 2.74. The Morgan fingerprint density at radius 2 is 2.28 bits per heavy atom. The van der Waals surface area contributed by atoms with Gasteiger partial charge < -0.3 is 10.6 Å². The molecule has 1 aromatic carbocycles. The number of carbonyl (C=O) groups is 2. The predicted octanol–water partition coefficient (Wildman–Crippen LogP) is 1.82. The minimum absolute atomic E-state index is 0.0453. The van der Waals surface area contributed by atoms with E-state index in [4.69, 9.17) is 0 Å². The molecule has 2 N–H and O–H groups in total. The van der Waals surface area contributed by atoms with Crippen molar-refractivity contribution in [2.24, 2.45) is 0 Å². The highest BCUT2D eigenvalue weighted by atomic mass is 32.2. The lowest BCUT2D eigenvalue weighted by atomic mass is 10.1. The van der Waals surface area contributed by atoms with Crippen molar-refractivity contribution in [1.29, 1.82) is 0 Å². The Morgan fingerprint density at radius 1 is 1.50 bits per heavy atom. The van der Waals surface area contributed by atoms with Gasteiger partial charge in [0.25, 0.3) is 0 Å². The average molecular weight is 264 g/mol. The third kappa shape index (κ3) is 2.85. The van der Waals surface area contributed by atoms with Gasteiger partial charge in [0, 0.05) is 12.1 Å². The molecule has 1 aromatic rings. The molecule has 1 heterocycles. The van der Waals surface area contributed by atoms with E-state index >= 15 is 0 Å². The highest BCUT2D eigenvalue weighted by molar-refractivity contribution is 8.01. The van der Waals surface area contributed by atoms with Crippen LogP contribution < -0.4 is 10.6 Å². The minimum Gasteiger partial charge on any atom is -0.346 e. The lowest BCUT2D eigenvalue weighted by molar-refractivity contribution is -0.123. The van der Waals surface area contributed by atoms with E-state index < -0.39 is 0 Å². The topological polar surface area (TPSA) is 58.2 Å². The maximum absolute atomic E-state index is 11.9. The first-order chi connectivity index (χ1) is 8.58. The van der Waals surface area contributed by atoms with Gasteiger partial charge in [0.05, 0.1) is 11.1 Å². The van der Waals surface area contributed by atoms with Gasteiger partial charge in [-0.2, -0.15) is 0 Å². The van der Waals surface area contributed by atoms with E-state index in [2.05, 4.69) is 10.6 Å². The van der Waals surface area contributed by atoms with Crippen LogP contribution in [-0.2, 0) is 9.59 Å². The average Bonchev–Trinajstić information content (AvgIpc) is 2.71. The summed E-state index contributed by atoms with van der Waals surface area (Å²) in [4.78, 5) is 23.2. The summed E-state index contributed by atoms with van der Waals surface area (Å²) in [5.41, 5.74) is 3.03. The highest BCUT2D eigenvalue weighted by Gasteiger charge is 2.27. The molecule has 18 heavy (non-hydrogen) atoms. The normalized spacial score (nSPS) is 18.6. The van der Waals surface area contributed by atoms with Crippen LogP contribution >= 0.6 is 11.8 Å². The number of hydrogen-bond acceptors (Lipinski definition) is 3. The Morgan fingerprint density at radius 3 is 2.94 bits per heavy atom. The summed E-state index contributed by atoms with van der Waals surface area (Å²) < 4.78 is 0. The largest absolute Gasteiger partial charge is 0.346 e. The van der Waals surface area contributed by atoms with Gasteiger partial charge in [-0.25, -0.2) is 0 Å². The van der Waals surface area contributed by atoms with Crippen LogP contribution in [0.15, 0.2) is 18.2 Å². The molecule has 2 rings (SSSR count). The van der Waals surface area contributed by atoms with Crippen LogP contribution in [0.3, 0.4) is 0 Å². The van der Waals surface area contributed by atoms with Crippen molar-refractivity contribution in [1.82, 2.24) is 5.32 Å². The molecule has 1 unspecified atom stereocenters. The molecule has 4 nitrogen and oxygen atoms in total. The zero-order valence-electron chi connectivity index (χ0n) is 10.4. The lowest BCUT2D eigenvalue weighted by Crippen LogP contribution is -2.27. The fourth-order valence-electron chi connectivity index (χ4n) is 1.81. The molecule has 0 aromatic heterocycles. The van der Waals surface area contributed by atoms with Crippen LogP contribution in [0, 0.1) is 13.8 Å². The first-order valence-electron chi connectivity index (χ1n) is 5.83. The van der Waals surface area contributed by atoms with Crippen LogP contribution in [0.1, 0.15) is 17.5 Å². The van der Waals surface area contributed by atoms with Crippen molar-refractivity contribution in [3.8, 4) is 0 Å². The van der Waals surface area contributed by atoms with Gasteiger partial charge in [-0.05, 0) is 31.0 Å². The fraction of sp³-hybridized carbons (Fsp3) is 0.385. The van der Waals surface area contributed by atoms with Gasteiger partial charge in [-0.3, -0.25) is 9.59 Å². The van der Waals surface area contributed by atoms with E-state index in [0.29, 0.717) is 5.88 Å². The lowest BCUT2D eigenvalue weighted by Gasteiger charge is -2.11. The van der Waals surface area contributed by atoms with Crippen molar-refractivity contribution < 1.29 is 9.59 Å². The second-order valence-corrected chi connectivity index (χ2v) is 5.53. The molecular weight excluding hydrogens is 248 g/mol. The van der Waals surface area contributed by atoms with Crippen LogP contribution in [0.25, 0.3) is 0 Å². The first-order valence-corrected chi connectivity index (χ1v) is 6.88. The minimum atomic E-state index is -0.255. The summed E-state index contributed by atoms with van der Waals surface area (Å²) in [6, 6.07) is 5.79. The Balaban J connectivity index is 1.99. The van der Waals surface area contributed by atoms with E-state index in [-0.39, 0.29) is 23.5 Å². The zero-order chi connectivity index (χ0) is 13.1. The molecule has 1 saturated heterocycles. The second-order valence-electron chi connectivity index (χ2n) is 4.34. The van der Waals surface area contributed by atoms with Crippen molar-refractivity contribution in [2.45, 2.75) is 25.5 Å². The molecule has 0 radical (unpaired) electrons. The smallest absolute Gasteiger partial charge is 0.234 e. The van der Waals surface area contributed by atoms with Crippen LogP contribution in [0.5, 0.6) is 0 Å². The number of hydrogen-bond donors (Lipinski definition) is 2. The number of anilines is 1. The van der Waals surface area contributed by atoms with Crippen molar-refractivity contribution in [2.75, 3.05) is 11.2 Å². The van der Waals surface area contributed by atoms with Gasteiger partial charge in [-0.1, -0.05) is 12.1 Å². The van der Waals surface area contributed by atoms with Gasteiger partial charge in [0.15, 0.2) is 0 Å². The first kappa shape index (κ1) is 13.0. The third-order valence-electron chi connectivity index (χ3n) is 3.07. The summed E-state index contributed by atoms with van der Waals surface area (Å²) in [5.74, 6) is 0.439. The van der Waals surface area contributed by atoms with Crippen molar-refractivity contribution >= 4 is 29.3 Å². The SMILES string of the molecule is Cc1cccc(NC(=O)CC2SCNC2=O)c1C. The van der Waals surface area contributed by atoms with Gasteiger partial charge in [-0.15, -0.1) is 11.8 Å². The molecule has 1 aliphatic heterocycles. The maximum atomic E-state index is 11.9. The van der Waals surface area contributed by atoms with Gasteiger partial charge in [0.1, 0.15) is 0 Å². The Kier molecular flexibility index (Phi) is 3.91. The van der Waals surface area contributed by atoms with E-state index in [9.17, 15) is 9.59 Å². The predicted molar refractivity (Wildman–Crippen MR) is 73.6 cm³/mol. The standard InChI is InChI=1S/C13H16N2O2S/c1-8-4-3-5-10(9(8)2)15-12(16)6-11-13(17)14-7-18-11/h3-5,11H,6-7H2,1-2H3,(H,14,17)(H,15,16). The molecule has 0 spiro atoms. The summed E-state index contributed by atoms with van der Waals surface area (Å²) in [6.45, 7) is 3.98. The van der Waals surface area contributed by atoms with Crippen molar-refractivity contribution in [3.05, 3.63) is 29.3 Å². The Hall–Kier alpha value is -1.49. The molecule has 1 aliphatic rings. The van der Waals surface area contributed by atoms with E-state index in [1.165, 1.54) is 11.8 Å². The molecule has 1 atom stereocenters. The van der Waals surface area contributed by atoms with E-state index in [1.54, 1.807) is 0 Å². The number of thioether (sulfide) groups is 1. The number of carbonyl (C=O) groups excluding carboxylic acids is 2.